The van der Waals surface area contributed by atoms with E-state index >= 15 is 0 Å². The van der Waals surface area contributed by atoms with E-state index in [-0.39, 0.29) is 11.6 Å². The number of rotatable bonds is 6. The van der Waals surface area contributed by atoms with Gasteiger partial charge in [-0.05, 0) is 49.7 Å². The van der Waals surface area contributed by atoms with Crippen LogP contribution in [0.1, 0.15) is 40.2 Å². The van der Waals surface area contributed by atoms with Crippen molar-refractivity contribution < 1.29 is 18.7 Å². The van der Waals surface area contributed by atoms with E-state index in [9.17, 15) is 9.18 Å². The van der Waals surface area contributed by atoms with Gasteiger partial charge in [0, 0.05) is 11.6 Å². The largest absolute Gasteiger partial charge is 0.478 e. The number of furan rings is 1. The molecular weight excluding hydrogens is 333 g/mol. The van der Waals surface area contributed by atoms with Gasteiger partial charge in [0.05, 0.1) is 12.1 Å². The minimum atomic E-state index is -1.30. The van der Waals surface area contributed by atoms with Gasteiger partial charge in [0.15, 0.2) is 0 Å². The van der Waals surface area contributed by atoms with Crippen LogP contribution >= 0.6 is 0 Å². The lowest BCUT2D eigenvalue weighted by atomic mass is 10.1. The highest BCUT2D eigenvalue weighted by Crippen LogP contribution is 2.25. The molecule has 0 aliphatic carbocycles. The first kappa shape index (κ1) is 17.9. The van der Waals surface area contributed by atoms with E-state index in [2.05, 4.69) is 43.4 Å². The van der Waals surface area contributed by atoms with Crippen molar-refractivity contribution in [3.05, 3.63) is 82.9 Å². The Hall–Kier alpha value is -2.92. The van der Waals surface area contributed by atoms with Gasteiger partial charge >= 0.3 is 5.97 Å². The smallest absolute Gasteiger partial charge is 0.338 e. The van der Waals surface area contributed by atoms with Gasteiger partial charge in [-0.3, -0.25) is 0 Å². The predicted octanol–water partition coefficient (Wildman–Crippen LogP) is 4.94. The number of carbonyl (C=O) groups is 1. The fourth-order valence-electron chi connectivity index (χ4n) is 2.70. The Morgan fingerprint density at radius 1 is 1.15 bits per heavy atom. The molecule has 2 N–H and O–H groups in total. The van der Waals surface area contributed by atoms with Crippen LogP contribution in [0, 0.1) is 12.7 Å². The van der Waals surface area contributed by atoms with E-state index in [1.807, 2.05) is 6.07 Å². The van der Waals surface area contributed by atoms with Gasteiger partial charge in [0.2, 0.25) is 0 Å². The maximum atomic E-state index is 13.5. The first-order valence-corrected chi connectivity index (χ1v) is 8.36. The Labute approximate surface area is 151 Å². The molecule has 0 saturated carbocycles. The molecule has 0 radical (unpaired) electrons. The quantitative estimate of drug-likeness (QED) is 0.659. The van der Waals surface area contributed by atoms with Crippen molar-refractivity contribution in [2.24, 2.45) is 0 Å². The zero-order valence-corrected chi connectivity index (χ0v) is 14.6. The van der Waals surface area contributed by atoms with E-state index < -0.39 is 11.8 Å². The van der Waals surface area contributed by atoms with E-state index in [4.69, 9.17) is 9.52 Å². The van der Waals surface area contributed by atoms with Crippen LogP contribution in [0.4, 0.5) is 4.39 Å². The molecule has 1 atom stereocenters. The zero-order valence-electron chi connectivity index (χ0n) is 14.6. The molecule has 1 aromatic heterocycles. The van der Waals surface area contributed by atoms with Crippen molar-refractivity contribution in [2.75, 3.05) is 0 Å². The van der Waals surface area contributed by atoms with Gasteiger partial charge in [-0.25, -0.2) is 9.18 Å². The molecule has 0 bridgehead atoms. The lowest BCUT2D eigenvalue weighted by Gasteiger charge is -2.13. The highest BCUT2D eigenvalue weighted by Gasteiger charge is 2.14. The second kappa shape index (κ2) is 7.54. The Morgan fingerprint density at radius 2 is 1.88 bits per heavy atom. The van der Waals surface area contributed by atoms with Crippen LogP contribution in [0.5, 0.6) is 0 Å². The van der Waals surface area contributed by atoms with Crippen molar-refractivity contribution in [1.29, 1.82) is 0 Å². The molecule has 0 unspecified atom stereocenters. The Bertz CT molecular complexity index is 915. The van der Waals surface area contributed by atoms with Gasteiger partial charge in [0.1, 0.15) is 17.3 Å². The van der Waals surface area contributed by atoms with Crippen molar-refractivity contribution in [1.82, 2.24) is 5.32 Å². The SMILES string of the molecule is Cc1ccc([C@@H](C)NCc2ccc(-c3ccc(F)c(C(=O)O)c3)o2)cc1. The van der Waals surface area contributed by atoms with Gasteiger partial charge < -0.3 is 14.8 Å². The number of hydrogen-bond acceptors (Lipinski definition) is 3. The number of hydrogen-bond donors (Lipinski definition) is 2. The maximum absolute atomic E-state index is 13.5. The number of halogens is 1. The summed E-state index contributed by atoms with van der Waals surface area (Å²) in [4.78, 5) is 11.1. The first-order valence-electron chi connectivity index (χ1n) is 8.36. The molecule has 0 aliphatic rings. The lowest BCUT2D eigenvalue weighted by Crippen LogP contribution is -2.17. The average molecular weight is 353 g/mol. The molecular formula is C21H20FNO3. The number of carboxylic acids is 1. The lowest BCUT2D eigenvalue weighted by molar-refractivity contribution is 0.0692. The van der Waals surface area contributed by atoms with Gasteiger partial charge in [-0.15, -0.1) is 0 Å². The third kappa shape index (κ3) is 4.00. The summed E-state index contributed by atoms with van der Waals surface area (Å²) in [6.45, 7) is 4.66. The molecule has 0 aliphatic heterocycles. The fraction of sp³-hybridized carbons (Fsp3) is 0.190. The Balaban J connectivity index is 1.69. The summed E-state index contributed by atoms with van der Waals surface area (Å²) in [5, 5.41) is 12.4. The minimum Gasteiger partial charge on any atom is -0.478 e. The summed E-state index contributed by atoms with van der Waals surface area (Å²) in [6.07, 6.45) is 0. The van der Waals surface area contributed by atoms with Crippen molar-refractivity contribution >= 4 is 5.97 Å². The van der Waals surface area contributed by atoms with E-state index in [1.54, 1.807) is 6.07 Å². The summed E-state index contributed by atoms with van der Waals surface area (Å²) in [7, 11) is 0. The molecule has 0 saturated heterocycles. The topological polar surface area (TPSA) is 62.5 Å². The molecule has 5 heteroatoms. The van der Waals surface area contributed by atoms with E-state index in [1.165, 1.54) is 23.3 Å². The predicted molar refractivity (Wildman–Crippen MR) is 97.5 cm³/mol. The third-order valence-electron chi connectivity index (χ3n) is 4.30. The molecule has 134 valence electrons. The van der Waals surface area contributed by atoms with Gasteiger partial charge in [-0.2, -0.15) is 0 Å². The number of aromatic carboxylic acids is 1. The molecule has 3 rings (SSSR count). The van der Waals surface area contributed by atoms with Gasteiger partial charge in [-0.1, -0.05) is 29.8 Å². The molecule has 3 aromatic rings. The molecule has 0 spiro atoms. The third-order valence-corrected chi connectivity index (χ3v) is 4.30. The van der Waals surface area contributed by atoms with E-state index in [0.29, 0.717) is 17.9 Å². The summed E-state index contributed by atoms with van der Waals surface area (Å²) in [6, 6.07) is 16.0. The van der Waals surface area contributed by atoms with Crippen molar-refractivity contribution in [2.45, 2.75) is 26.4 Å². The number of nitrogens with one attached hydrogen (secondary N) is 1. The maximum Gasteiger partial charge on any atom is 0.338 e. The highest BCUT2D eigenvalue weighted by atomic mass is 19.1. The van der Waals surface area contributed by atoms with Crippen LogP contribution in [-0.2, 0) is 6.54 Å². The van der Waals surface area contributed by atoms with Crippen LogP contribution < -0.4 is 5.32 Å². The summed E-state index contributed by atoms with van der Waals surface area (Å²) in [5.74, 6) is -0.834. The zero-order chi connectivity index (χ0) is 18.7. The van der Waals surface area contributed by atoms with Crippen molar-refractivity contribution in [3.63, 3.8) is 0 Å². The molecule has 26 heavy (non-hydrogen) atoms. The molecule has 2 aromatic carbocycles. The van der Waals surface area contributed by atoms with Crippen LogP contribution in [0.2, 0.25) is 0 Å². The van der Waals surface area contributed by atoms with Crippen LogP contribution in [-0.4, -0.2) is 11.1 Å². The second-order valence-electron chi connectivity index (χ2n) is 6.28. The fourth-order valence-corrected chi connectivity index (χ4v) is 2.70. The van der Waals surface area contributed by atoms with Crippen LogP contribution in [0.15, 0.2) is 59.0 Å². The van der Waals surface area contributed by atoms with Crippen molar-refractivity contribution in [3.8, 4) is 11.3 Å². The summed E-state index contributed by atoms with van der Waals surface area (Å²) >= 11 is 0. The minimum absolute atomic E-state index is 0.161. The highest BCUT2D eigenvalue weighted by molar-refractivity contribution is 5.89. The monoisotopic (exact) mass is 353 g/mol. The Morgan fingerprint density at radius 3 is 2.58 bits per heavy atom. The number of carboxylic acid groups (broad SMARTS) is 1. The number of aryl methyl sites for hydroxylation is 1. The van der Waals surface area contributed by atoms with Crippen LogP contribution in [0.25, 0.3) is 11.3 Å². The van der Waals surface area contributed by atoms with E-state index in [0.717, 1.165) is 11.8 Å². The molecule has 0 fully saturated rings. The average Bonchev–Trinajstić information content (AvgIpc) is 3.09. The van der Waals surface area contributed by atoms with Crippen LogP contribution in [0.3, 0.4) is 0 Å². The summed E-state index contributed by atoms with van der Waals surface area (Å²) in [5.41, 5.74) is 2.57. The number of benzene rings is 2. The Kier molecular flexibility index (Phi) is 5.19. The first-order chi connectivity index (χ1) is 12.4. The standard InChI is InChI=1S/C21H20FNO3/c1-13-3-5-15(6-4-13)14(2)23-12-17-8-10-20(26-17)16-7-9-19(22)18(11-16)21(24)25/h3-11,14,23H,12H2,1-2H3,(H,24,25)/t14-/m1/s1. The molecule has 1 heterocycles. The normalized spacial score (nSPS) is 12.1. The molecule has 0 amide bonds. The van der Waals surface area contributed by atoms with Gasteiger partial charge in [0.25, 0.3) is 0 Å². The summed E-state index contributed by atoms with van der Waals surface area (Å²) < 4.78 is 19.3. The second-order valence-corrected chi connectivity index (χ2v) is 6.28. The molecule has 4 nitrogen and oxygen atoms in total.